The first-order valence-corrected chi connectivity index (χ1v) is 5.38. The maximum Gasteiger partial charge on any atom is 0.356 e. The van der Waals surface area contributed by atoms with Gasteiger partial charge in [-0.05, 0) is 13.8 Å². The molecule has 0 atom stereocenters. The van der Waals surface area contributed by atoms with Crippen LogP contribution >= 0.6 is 0 Å². The van der Waals surface area contributed by atoms with E-state index in [0.717, 1.165) is 0 Å². The van der Waals surface area contributed by atoms with Gasteiger partial charge in [0.15, 0.2) is 5.69 Å². The van der Waals surface area contributed by atoms with Crippen molar-refractivity contribution in [2.75, 3.05) is 25.1 Å². The lowest BCUT2D eigenvalue weighted by atomic mass is 10.4. The Labute approximate surface area is 100 Å². The lowest BCUT2D eigenvalue weighted by Crippen LogP contribution is -2.25. The first kappa shape index (κ1) is 13.4. The van der Waals surface area contributed by atoms with E-state index in [0.29, 0.717) is 19.0 Å². The smallest absolute Gasteiger partial charge is 0.356 e. The minimum Gasteiger partial charge on any atom is -0.476 e. The van der Waals surface area contributed by atoms with Crippen molar-refractivity contribution in [3.05, 3.63) is 18.1 Å². The van der Waals surface area contributed by atoms with Gasteiger partial charge in [-0.3, -0.25) is 0 Å². The summed E-state index contributed by atoms with van der Waals surface area (Å²) in [5.74, 6) is -0.447. The molecule has 0 fully saturated rings. The van der Waals surface area contributed by atoms with Crippen LogP contribution in [0.5, 0.6) is 0 Å². The van der Waals surface area contributed by atoms with Crippen LogP contribution in [0.25, 0.3) is 0 Å². The zero-order valence-corrected chi connectivity index (χ0v) is 10.3. The summed E-state index contributed by atoms with van der Waals surface area (Å²) >= 11 is 0. The van der Waals surface area contributed by atoms with Crippen LogP contribution in [0.3, 0.4) is 0 Å². The number of aromatic carboxylic acids is 1. The van der Waals surface area contributed by atoms with Crippen LogP contribution in [-0.4, -0.2) is 47.3 Å². The molecule has 17 heavy (non-hydrogen) atoms. The Bertz CT molecular complexity index is 365. The Balaban J connectivity index is 2.51. The zero-order valence-electron chi connectivity index (χ0n) is 10.3. The second kappa shape index (κ2) is 6.15. The molecule has 1 heterocycles. The second-order valence-corrected chi connectivity index (χ2v) is 3.91. The van der Waals surface area contributed by atoms with E-state index in [4.69, 9.17) is 9.84 Å². The summed E-state index contributed by atoms with van der Waals surface area (Å²) < 4.78 is 5.41. The Morgan fingerprint density at radius 2 is 2.18 bits per heavy atom. The molecule has 1 rings (SSSR count). The molecule has 0 radical (unpaired) electrons. The molecule has 1 aromatic rings. The zero-order chi connectivity index (χ0) is 12.8. The maximum absolute atomic E-state index is 10.6. The van der Waals surface area contributed by atoms with Crippen molar-refractivity contribution in [1.82, 2.24) is 9.97 Å². The SMILES string of the molecule is CC(C)OCCN(C)c1cnc(C(=O)O)cn1. The van der Waals surface area contributed by atoms with Crippen LogP contribution in [0.2, 0.25) is 0 Å². The second-order valence-electron chi connectivity index (χ2n) is 3.91. The van der Waals surface area contributed by atoms with E-state index in [9.17, 15) is 4.79 Å². The van der Waals surface area contributed by atoms with Crippen molar-refractivity contribution in [3.63, 3.8) is 0 Å². The van der Waals surface area contributed by atoms with E-state index in [1.165, 1.54) is 12.4 Å². The lowest BCUT2D eigenvalue weighted by molar-refractivity contribution is 0.0689. The molecule has 0 aliphatic rings. The third-order valence-corrected chi connectivity index (χ3v) is 2.13. The number of likely N-dealkylation sites (N-methyl/N-ethyl adjacent to an activating group) is 1. The van der Waals surface area contributed by atoms with Gasteiger partial charge in [-0.15, -0.1) is 0 Å². The molecule has 6 nitrogen and oxygen atoms in total. The van der Waals surface area contributed by atoms with Gasteiger partial charge in [-0.2, -0.15) is 0 Å². The first-order chi connectivity index (χ1) is 8.00. The first-order valence-electron chi connectivity index (χ1n) is 5.38. The van der Waals surface area contributed by atoms with Gasteiger partial charge in [0.1, 0.15) is 5.82 Å². The lowest BCUT2D eigenvalue weighted by Gasteiger charge is -2.18. The number of carboxylic acids is 1. The molecule has 0 saturated heterocycles. The monoisotopic (exact) mass is 239 g/mol. The molecule has 0 saturated carbocycles. The fraction of sp³-hybridized carbons (Fsp3) is 0.545. The quantitative estimate of drug-likeness (QED) is 0.799. The summed E-state index contributed by atoms with van der Waals surface area (Å²) in [4.78, 5) is 20.3. The van der Waals surface area contributed by atoms with Crippen LogP contribution in [0.15, 0.2) is 12.4 Å². The van der Waals surface area contributed by atoms with Crippen molar-refractivity contribution < 1.29 is 14.6 Å². The van der Waals surface area contributed by atoms with E-state index in [1.54, 1.807) is 0 Å². The van der Waals surface area contributed by atoms with Gasteiger partial charge in [-0.1, -0.05) is 0 Å². The van der Waals surface area contributed by atoms with E-state index in [1.807, 2.05) is 25.8 Å². The van der Waals surface area contributed by atoms with Crippen molar-refractivity contribution in [2.45, 2.75) is 20.0 Å². The van der Waals surface area contributed by atoms with Gasteiger partial charge in [0.05, 0.1) is 25.1 Å². The van der Waals surface area contributed by atoms with Crippen LogP contribution in [0, 0.1) is 0 Å². The van der Waals surface area contributed by atoms with Gasteiger partial charge in [0.2, 0.25) is 0 Å². The predicted octanol–water partition coefficient (Wildman–Crippen LogP) is 1.04. The number of aromatic nitrogens is 2. The van der Waals surface area contributed by atoms with Gasteiger partial charge in [-0.25, -0.2) is 14.8 Å². The van der Waals surface area contributed by atoms with Crippen LogP contribution in [0.1, 0.15) is 24.3 Å². The third kappa shape index (κ3) is 4.36. The van der Waals surface area contributed by atoms with E-state index < -0.39 is 5.97 Å². The molecule has 0 spiro atoms. The Morgan fingerprint density at radius 3 is 2.65 bits per heavy atom. The van der Waals surface area contributed by atoms with Gasteiger partial charge in [0.25, 0.3) is 0 Å². The fourth-order valence-corrected chi connectivity index (χ4v) is 1.17. The van der Waals surface area contributed by atoms with E-state index in [2.05, 4.69) is 9.97 Å². The summed E-state index contributed by atoms with van der Waals surface area (Å²) in [6, 6.07) is 0. The minimum absolute atomic E-state index is 0.0550. The molecule has 1 aromatic heterocycles. The molecular formula is C11H17N3O3. The van der Waals surface area contributed by atoms with Gasteiger partial charge in [0, 0.05) is 13.6 Å². The molecule has 0 aliphatic carbocycles. The Morgan fingerprint density at radius 1 is 1.47 bits per heavy atom. The maximum atomic E-state index is 10.6. The highest BCUT2D eigenvalue weighted by Gasteiger charge is 2.07. The number of hydrogen-bond acceptors (Lipinski definition) is 5. The topological polar surface area (TPSA) is 75.5 Å². The fourth-order valence-electron chi connectivity index (χ4n) is 1.17. The summed E-state index contributed by atoms with van der Waals surface area (Å²) in [6.45, 7) is 5.22. The summed E-state index contributed by atoms with van der Waals surface area (Å²) in [5.41, 5.74) is -0.0550. The number of carbonyl (C=O) groups is 1. The number of carboxylic acid groups (broad SMARTS) is 1. The number of anilines is 1. The standard InChI is InChI=1S/C11H17N3O3/c1-8(2)17-5-4-14(3)10-7-12-9(6-13-10)11(15)16/h6-8H,4-5H2,1-3H3,(H,15,16). The molecule has 94 valence electrons. The minimum atomic E-state index is -1.07. The summed E-state index contributed by atoms with van der Waals surface area (Å²) in [7, 11) is 1.86. The van der Waals surface area contributed by atoms with Crippen molar-refractivity contribution in [1.29, 1.82) is 0 Å². The average molecular weight is 239 g/mol. The molecule has 0 unspecified atom stereocenters. The highest BCUT2D eigenvalue weighted by molar-refractivity contribution is 5.84. The van der Waals surface area contributed by atoms with Crippen molar-refractivity contribution in [2.24, 2.45) is 0 Å². The number of nitrogens with zero attached hydrogens (tertiary/aromatic N) is 3. The Kier molecular flexibility index (Phi) is 4.84. The normalized spacial score (nSPS) is 10.6. The van der Waals surface area contributed by atoms with Gasteiger partial charge < -0.3 is 14.7 Å². The molecule has 1 N–H and O–H groups in total. The van der Waals surface area contributed by atoms with E-state index in [-0.39, 0.29) is 11.8 Å². The predicted molar refractivity (Wildman–Crippen MR) is 63.3 cm³/mol. The highest BCUT2D eigenvalue weighted by Crippen LogP contribution is 2.06. The highest BCUT2D eigenvalue weighted by atomic mass is 16.5. The van der Waals surface area contributed by atoms with E-state index >= 15 is 0 Å². The molecule has 0 aromatic carbocycles. The molecular weight excluding hydrogens is 222 g/mol. The largest absolute Gasteiger partial charge is 0.476 e. The summed E-state index contributed by atoms with van der Waals surface area (Å²) in [6.07, 6.45) is 2.89. The molecule has 0 amide bonds. The van der Waals surface area contributed by atoms with Crippen LogP contribution < -0.4 is 4.90 Å². The Hall–Kier alpha value is -1.69. The average Bonchev–Trinajstić information content (AvgIpc) is 2.28. The van der Waals surface area contributed by atoms with Gasteiger partial charge >= 0.3 is 5.97 Å². The van der Waals surface area contributed by atoms with Crippen molar-refractivity contribution >= 4 is 11.8 Å². The molecule has 6 heteroatoms. The molecule has 0 bridgehead atoms. The number of ether oxygens (including phenoxy) is 1. The number of rotatable bonds is 6. The van der Waals surface area contributed by atoms with Crippen molar-refractivity contribution in [3.8, 4) is 0 Å². The molecule has 0 aliphatic heterocycles. The van der Waals surface area contributed by atoms with Crippen LogP contribution in [-0.2, 0) is 4.74 Å². The third-order valence-electron chi connectivity index (χ3n) is 2.13. The summed E-state index contributed by atoms with van der Waals surface area (Å²) in [5, 5.41) is 8.68. The number of hydrogen-bond donors (Lipinski definition) is 1. The van der Waals surface area contributed by atoms with Crippen LogP contribution in [0.4, 0.5) is 5.82 Å².